The number of carbonyl (C=O) groups excluding carboxylic acids is 1. The van der Waals surface area contributed by atoms with Gasteiger partial charge in [-0.1, -0.05) is 0 Å². The number of amidine groups is 1. The first-order valence-electron chi connectivity index (χ1n) is 8.41. The van der Waals surface area contributed by atoms with Crippen molar-refractivity contribution in [1.82, 2.24) is 0 Å². The van der Waals surface area contributed by atoms with Crippen LogP contribution in [0.25, 0.3) is 5.76 Å². The number of esters is 1. The number of ether oxygens (including phenoxy) is 3. The molecule has 0 saturated carbocycles. The van der Waals surface area contributed by atoms with Crippen molar-refractivity contribution < 1.29 is 28.5 Å². The van der Waals surface area contributed by atoms with Crippen LogP contribution in [-0.4, -0.2) is 38.2 Å². The summed E-state index contributed by atoms with van der Waals surface area (Å²) in [6.45, 7) is 0. The van der Waals surface area contributed by atoms with Gasteiger partial charge in [-0.15, -0.1) is 0 Å². The number of hydrogen-bond donors (Lipinski definition) is 2. The molecule has 3 N–H and O–H groups in total. The van der Waals surface area contributed by atoms with Crippen molar-refractivity contribution >= 4 is 23.3 Å². The second kappa shape index (κ2) is 9.93. The van der Waals surface area contributed by atoms with Crippen LogP contribution in [0.4, 0.5) is 10.1 Å². The lowest BCUT2D eigenvalue weighted by Gasteiger charge is -2.10. The minimum Gasteiger partial charge on any atom is -0.507 e. The van der Waals surface area contributed by atoms with Crippen molar-refractivity contribution in [1.29, 1.82) is 0 Å². The molecule has 0 aliphatic rings. The Balaban J connectivity index is 2.57. The van der Waals surface area contributed by atoms with E-state index in [1.807, 2.05) is 0 Å². The summed E-state index contributed by atoms with van der Waals surface area (Å²) in [6.07, 6.45) is 2.35. The topological polar surface area (TPSA) is 103 Å². The number of aliphatic hydroxyl groups is 1. The van der Waals surface area contributed by atoms with Crippen molar-refractivity contribution in [3.05, 3.63) is 71.6 Å². The standard InChI is InChI=1S/C21H21FN2O5/c1-27-15-8-10-17(18(12-15)28-2)24-21(23)16(9-11-19(25)29-3)20(26)13-4-6-14(22)7-5-13/h4-12,26H,1-3H3,(H2,23,24)/b11-9+,20-16-. The number of hydrogen-bond acceptors (Lipinski definition) is 6. The lowest BCUT2D eigenvalue weighted by atomic mass is 10.1. The van der Waals surface area contributed by atoms with E-state index in [-0.39, 0.29) is 22.7 Å². The molecule has 0 radical (unpaired) electrons. The van der Waals surface area contributed by atoms with Crippen molar-refractivity contribution in [2.75, 3.05) is 21.3 Å². The molecule has 2 aromatic rings. The predicted molar refractivity (Wildman–Crippen MR) is 108 cm³/mol. The summed E-state index contributed by atoms with van der Waals surface area (Å²) in [6, 6.07) is 10.0. The van der Waals surface area contributed by atoms with Crippen LogP contribution in [0.1, 0.15) is 5.56 Å². The molecule has 152 valence electrons. The smallest absolute Gasteiger partial charge is 0.330 e. The highest BCUT2D eigenvalue weighted by atomic mass is 19.1. The molecule has 0 heterocycles. The zero-order valence-corrected chi connectivity index (χ0v) is 16.2. The Labute approximate surface area is 167 Å². The average Bonchev–Trinajstić information content (AvgIpc) is 2.74. The second-order valence-electron chi connectivity index (χ2n) is 5.66. The normalized spacial score (nSPS) is 12.5. The first kappa shape index (κ1) is 21.5. The fraction of sp³-hybridized carbons (Fsp3) is 0.143. The van der Waals surface area contributed by atoms with Gasteiger partial charge in [-0.2, -0.15) is 0 Å². The molecule has 2 rings (SSSR count). The monoisotopic (exact) mass is 400 g/mol. The van der Waals surface area contributed by atoms with E-state index in [0.717, 1.165) is 6.08 Å². The molecule has 8 heteroatoms. The van der Waals surface area contributed by atoms with Crippen LogP contribution < -0.4 is 15.2 Å². The van der Waals surface area contributed by atoms with E-state index < -0.39 is 11.8 Å². The van der Waals surface area contributed by atoms with Gasteiger partial charge in [-0.05, 0) is 42.5 Å². The third-order valence-corrected chi connectivity index (χ3v) is 3.86. The fourth-order valence-electron chi connectivity index (χ4n) is 2.34. The first-order chi connectivity index (χ1) is 13.9. The average molecular weight is 400 g/mol. The third kappa shape index (κ3) is 5.58. The summed E-state index contributed by atoms with van der Waals surface area (Å²) in [7, 11) is 4.20. The van der Waals surface area contributed by atoms with Crippen LogP contribution in [0.5, 0.6) is 11.5 Å². The number of aliphatic hydroxyl groups excluding tert-OH is 1. The van der Waals surface area contributed by atoms with Crippen molar-refractivity contribution in [3.63, 3.8) is 0 Å². The van der Waals surface area contributed by atoms with Gasteiger partial charge in [0.15, 0.2) is 0 Å². The molecule has 7 nitrogen and oxygen atoms in total. The van der Waals surface area contributed by atoms with Gasteiger partial charge in [0.2, 0.25) is 0 Å². The number of rotatable bonds is 7. The Kier molecular flexibility index (Phi) is 7.36. The third-order valence-electron chi connectivity index (χ3n) is 3.86. The number of nitrogens with zero attached hydrogens (tertiary/aromatic N) is 1. The molecule has 0 atom stereocenters. The van der Waals surface area contributed by atoms with Crippen LogP contribution in [0, 0.1) is 5.82 Å². The summed E-state index contributed by atoms with van der Waals surface area (Å²) in [5.74, 6) is -0.545. The maximum Gasteiger partial charge on any atom is 0.330 e. The van der Waals surface area contributed by atoms with Crippen LogP contribution in [0.2, 0.25) is 0 Å². The Morgan fingerprint density at radius 3 is 2.34 bits per heavy atom. The van der Waals surface area contributed by atoms with Crippen LogP contribution in [0.15, 0.2) is 65.2 Å². The fourth-order valence-corrected chi connectivity index (χ4v) is 2.34. The number of aliphatic imine (C=N–C) groups is 1. The van der Waals surface area contributed by atoms with Gasteiger partial charge < -0.3 is 25.1 Å². The highest BCUT2D eigenvalue weighted by Crippen LogP contribution is 2.32. The maximum atomic E-state index is 13.2. The van der Waals surface area contributed by atoms with Gasteiger partial charge in [0, 0.05) is 17.7 Å². The Bertz CT molecular complexity index is 966. The van der Waals surface area contributed by atoms with Crippen molar-refractivity contribution in [3.8, 4) is 11.5 Å². The van der Waals surface area contributed by atoms with Gasteiger partial charge in [-0.25, -0.2) is 14.2 Å². The molecule has 0 aliphatic heterocycles. The SMILES string of the molecule is COC(=O)/C=C/C(C(N)=Nc1ccc(OC)cc1OC)=C(/O)c1ccc(F)cc1. The van der Waals surface area contributed by atoms with Gasteiger partial charge >= 0.3 is 5.97 Å². The Morgan fingerprint density at radius 2 is 1.76 bits per heavy atom. The summed E-state index contributed by atoms with van der Waals surface area (Å²) in [5, 5.41) is 10.7. The number of nitrogens with two attached hydrogens (primary N) is 1. The van der Waals surface area contributed by atoms with Crippen LogP contribution in [0.3, 0.4) is 0 Å². The number of methoxy groups -OCH3 is 3. The summed E-state index contributed by atoms with van der Waals surface area (Å²) in [4.78, 5) is 15.8. The zero-order chi connectivity index (χ0) is 21.4. The van der Waals surface area contributed by atoms with E-state index in [9.17, 15) is 14.3 Å². The summed E-state index contributed by atoms with van der Waals surface area (Å²) >= 11 is 0. The Hall–Kier alpha value is -3.81. The highest BCUT2D eigenvalue weighted by molar-refractivity contribution is 6.07. The molecule has 0 spiro atoms. The largest absolute Gasteiger partial charge is 0.507 e. The van der Waals surface area contributed by atoms with E-state index in [4.69, 9.17) is 15.2 Å². The molecule has 29 heavy (non-hydrogen) atoms. The molecule has 0 fully saturated rings. The minimum atomic E-state index is -0.649. The van der Waals surface area contributed by atoms with Gasteiger partial charge in [0.05, 0.1) is 26.9 Å². The maximum absolute atomic E-state index is 13.2. The van der Waals surface area contributed by atoms with Crippen LogP contribution >= 0.6 is 0 Å². The lowest BCUT2D eigenvalue weighted by molar-refractivity contribution is -0.134. The summed E-state index contributed by atoms with van der Waals surface area (Å²) in [5.41, 5.74) is 6.81. The van der Waals surface area contributed by atoms with E-state index in [1.54, 1.807) is 18.2 Å². The number of halogens is 1. The van der Waals surface area contributed by atoms with Crippen molar-refractivity contribution in [2.45, 2.75) is 0 Å². The van der Waals surface area contributed by atoms with E-state index in [1.165, 1.54) is 51.7 Å². The minimum absolute atomic E-state index is 0.0416. The highest BCUT2D eigenvalue weighted by Gasteiger charge is 2.13. The molecular formula is C21H21FN2O5. The molecule has 2 aromatic carbocycles. The predicted octanol–water partition coefficient (Wildman–Crippen LogP) is 3.53. The second-order valence-corrected chi connectivity index (χ2v) is 5.66. The Morgan fingerprint density at radius 1 is 1.07 bits per heavy atom. The molecule has 0 amide bonds. The molecule has 0 aromatic heterocycles. The number of carbonyl (C=O) groups is 1. The first-order valence-corrected chi connectivity index (χ1v) is 8.41. The molecular weight excluding hydrogens is 379 g/mol. The molecule has 0 unspecified atom stereocenters. The van der Waals surface area contributed by atoms with E-state index in [2.05, 4.69) is 9.73 Å². The van der Waals surface area contributed by atoms with E-state index >= 15 is 0 Å². The summed E-state index contributed by atoms with van der Waals surface area (Å²) < 4.78 is 28.2. The van der Waals surface area contributed by atoms with Gasteiger partial charge in [-0.3, -0.25) is 0 Å². The quantitative estimate of drug-likeness (QED) is 0.184. The molecule has 0 aliphatic carbocycles. The molecule has 0 saturated heterocycles. The van der Waals surface area contributed by atoms with Crippen LogP contribution in [-0.2, 0) is 9.53 Å². The van der Waals surface area contributed by atoms with Crippen molar-refractivity contribution in [2.24, 2.45) is 10.7 Å². The number of benzene rings is 2. The lowest BCUT2D eigenvalue weighted by Crippen LogP contribution is -2.15. The zero-order valence-electron chi connectivity index (χ0n) is 16.2. The molecule has 0 bridgehead atoms. The van der Waals surface area contributed by atoms with Gasteiger partial charge in [0.1, 0.15) is 34.6 Å². The van der Waals surface area contributed by atoms with E-state index in [0.29, 0.717) is 17.2 Å². The van der Waals surface area contributed by atoms with Gasteiger partial charge in [0.25, 0.3) is 0 Å².